The average molecular weight is 357 g/mol. The molecule has 140 valence electrons. The summed E-state index contributed by atoms with van der Waals surface area (Å²) in [5.41, 5.74) is 2.92. The van der Waals surface area contributed by atoms with E-state index in [4.69, 9.17) is 9.47 Å². The number of urea groups is 1. The van der Waals surface area contributed by atoms with Crippen molar-refractivity contribution in [2.24, 2.45) is 0 Å². The van der Waals surface area contributed by atoms with Crippen molar-refractivity contribution in [1.29, 1.82) is 0 Å². The zero-order valence-corrected chi connectivity index (χ0v) is 16.0. The van der Waals surface area contributed by atoms with Crippen molar-refractivity contribution in [2.45, 2.75) is 13.0 Å². The third-order valence-corrected chi connectivity index (χ3v) is 4.20. The van der Waals surface area contributed by atoms with Gasteiger partial charge in [0.05, 0.1) is 25.9 Å². The maximum Gasteiger partial charge on any atom is 0.319 e. The third kappa shape index (κ3) is 5.13. The fourth-order valence-electron chi connectivity index (χ4n) is 2.65. The molecule has 0 radical (unpaired) electrons. The van der Waals surface area contributed by atoms with Crippen LogP contribution in [0.1, 0.15) is 17.2 Å². The number of amides is 2. The summed E-state index contributed by atoms with van der Waals surface area (Å²) in [5, 5.41) is 5.74. The number of rotatable bonds is 7. The molecule has 2 aromatic carbocycles. The van der Waals surface area contributed by atoms with Crippen LogP contribution in [0.2, 0.25) is 0 Å². The molecule has 2 amide bonds. The van der Waals surface area contributed by atoms with E-state index in [1.807, 2.05) is 14.1 Å². The second kappa shape index (κ2) is 9.10. The first kappa shape index (κ1) is 19.6. The number of likely N-dealkylation sites (N-methyl/N-ethyl adjacent to an activating group) is 1. The van der Waals surface area contributed by atoms with E-state index >= 15 is 0 Å². The van der Waals surface area contributed by atoms with E-state index < -0.39 is 0 Å². The molecule has 6 nitrogen and oxygen atoms in total. The van der Waals surface area contributed by atoms with Crippen LogP contribution in [0, 0.1) is 6.92 Å². The molecule has 0 bridgehead atoms. The van der Waals surface area contributed by atoms with Crippen LogP contribution >= 0.6 is 0 Å². The first-order chi connectivity index (χ1) is 12.4. The van der Waals surface area contributed by atoms with Crippen molar-refractivity contribution >= 4 is 11.7 Å². The van der Waals surface area contributed by atoms with E-state index in [2.05, 4.69) is 46.7 Å². The van der Waals surface area contributed by atoms with Gasteiger partial charge in [0.15, 0.2) is 0 Å². The molecular weight excluding hydrogens is 330 g/mol. The lowest BCUT2D eigenvalue weighted by Crippen LogP contribution is -2.37. The van der Waals surface area contributed by atoms with Crippen molar-refractivity contribution in [3.05, 3.63) is 53.6 Å². The SMILES string of the molecule is COc1ccc(OC)c(NC(=O)NCC(c2ccc(C)cc2)N(C)C)c1. The number of carbonyl (C=O) groups excluding carboxylic acids is 1. The minimum atomic E-state index is -0.296. The quantitative estimate of drug-likeness (QED) is 0.797. The average Bonchev–Trinajstić information content (AvgIpc) is 2.63. The summed E-state index contributed by atoms with van der Waals surface area (Å²) in [7, 11) is 7.13. The van der Waals surface area contributed by atoms with Crippen molar-refractivity contribution in [3.63, 3.8) is 0 Å². The Morgan fingerprint density at radius 1 is 1.08 bits per heavy atom. The first-order valence-electron chi connectivity index (χ1n) is 8.44. The molecule has 0 fully saturated rings. The summed E-state index contributed by atoms with van der Waals surface area (Å²) in [6, 6.07) is 13.4. The van der Waals surface area contributed by atoms with Crippen molar-refractivity contribution < 1.29 is 14.3 Å². The van der Waals surface area contributed by atoms with Gasteiger partial charge in [0.2, 0.25) is 0 Å². The Morgan fingerprint density at radius 3 is 2.35 bits per heavy atom. The van der Waals surface area contributed by atoms with Gasteiger partial charge in [-0.2, -0.15) is 0 Å². The molecule has 0 aliphatic heterocycles. The van der Waals surface area contributed by atoms with Crippen LogP contribution < -0.4 is 20.1 Å². The van der Waals surface area contributed by atoms with E-state index in [0.717, 1.165) is 5.56 Å². The smallest absolute Gasteiger partial charge is 0.319 e. The number of methoxy groups -OCH3 is 2. The fraction of sp³-hybridized carbons (Fsp3) is 0.350. The van der Waals surface area contributed by atoms with Gasteiger partial charge in [0.25, 0.3) is 0 Å². The lowest BCUT2D eigenvalue weighted by Gasteiger charge is -2.25. The van der Waals surface area contributed by atoms with Gasteiger partial charge in [-0.3, -0.25) is 0 Å². The molecule has 6 heteroatoms. The van der Waals surface area contributed by atoms with Crippen LogP contribution in [0.5, 0.6) is 11.5 Å². The summed E-state index contributed by atoms with van der Waals surface area (Å²) in [6.45, 7) is 2.54. The largest absolute Gasteiger partial charge is 0.497 e. The highest BCUT2D eigenvalue weighted by Gasteiger charge is 2.16. The Hall–Kier alpha value is -2.73. The van der Waals surface area contributed by atoms with E-state index in [9.17, 15) is 4.79 Å². The Bertz CT molecular complexity index is 730. The zero-order chi connectivity index (χ0) is 19.1. The number of benzene rings is 2. The standard InChI is InChI=1S/C20H27N3O3/c1-14-6-8-15(9-7-14)18(23(2)3)13-21-20(24)22-17-12-16(25-4)10-11-19(17)26-5/h6-12,18H,13H2,1-5H3,(H2,21,22,24). The minimum absolute atomic E-state index is 0.0774. The molecule has 26 heavy (non-hydrogen) atoms. The molecule has 2 aromatic rings. The molecule has 2 rings (SSSR count). The van der Waals surface area contributed by atoms with Crippen LogP contribution in [0.25, 0.3) is 0 Å². The first-order valence-corrected chi connectivity index (χ1v) is 8.44. The van der Waals surface area contributed by atoms with Crippen LogP contribution in [0.15, 0.2) is 42.5 Å². The second-order valence-corrected chi connectivity index (χ2v) is 6.29. The lowest BCUT2D eigenvalue weighted by molar-refractivity contribution is 0.243. The Kier molecular flexibility index (Phi) is 6.86. The maximum atomic E-state index is 12.4. The van der Waals surface area contributed by atoms with Gasteiger partial charge >= 0.3 is 6.03 Å². The number of hydrogen-bond acceptors (Lipinski definition) is 4. The highest BCUT2D eigenvalue weighted by Crippen LogP contribution is 2.28. The third-order valence-electron chi connectivity index (χ3n) is 4.20. The monoisotopic (exact) mass is 357 g/mol. The molecule has 0 saturated carbocycles. The van der Waals surface area contributed by atoms with Crippen LogP contribution in [0.4, 0.5) is 10.5 Å². The molecule has 1 unspecified atom stereocenters. The maximum absolute atomic E-state index is 12.4. The van der Waals surface area contributed by atoms with Crippen molar-refractivity contribution in [2.75, 3.05) is 40.2 Å². The molecule has 0 aromatic heterocycles. The minimum Gasteiger partial charge on any atom is -0.497 e. The van der Waals surface area contributed by atoms with Crippen LogP contribution in [-0.4, -0.2) is 45.8 Å². The summed E-state index contributed by atoms with van der Waals surface area (Å²) in [5.74, 6) is 1.22. The van der Waals surface area contributed by atoms with E-state index in [1.165, 1.54) is 5.56 Å². The topological polar surface area (TPSA) is 62.8 Å². The molecule has 0 aliphatic carbocycles. The zero-order valence-electron chi connectivity index (χ0n) is 16.0. The summed E-state index contributed by atoms with van der Waals surface area (Å²) in [4.78, 5) is 14.4. The Morgan fingerprint density at radius 2 is 1.77 bits per heavy atom. The van der Waals surface area contributed by atoms with Gasteiger partial charge in [-0.25, -0.2) is 4.79 Å². The molecule has 0 heterocycles. The van der Waals surface area contributed by atoms with Gasteiger partial charge in [-0.1, -0.05) is 29.8 Å². The molecule has 1 atom stereocenters. The number of nitrogens with zero attached hydrogens (tertiary/aromatic N) is 1. The van der Waals surface area contributed by atoms with Gasteiger partial charge in [-0.05, 0) is 38.7 Å². The highest BCUT2D eigenvalue weighted by molar-refractivity contribution is 5.91. The highest BCUT2D eigenvalue weighted by atomic mass is 16.5. The fourth-order valence-corrected chi connectivity index (χ4v) is 2.65. The molecule has 0 aliphatic rings. The molecular formula is C20H27N3O3. The lowest BCUT2D eigenvalue weighted by atomic mass is 10.0. The number of nitrogens with one attached hydrogen (secondary N) is 2. The number of ether oxygens (including phenoxy) is 2. The number of anilines is 1. The van der Waals surface area contributed by atoms with E-state index in [1.54, 1.807) is 32.4 Å². The van der Waals surface area contributed by atoms with E-state index in [0.29, 0.717) is 23.7 Å². The summed E-state index contributed by atoms with van der Waals surface area (Å²) < 4.78 is 10.5. The van der Waals surface area contributed by atoms with E-state index in [-0.39, 0.29) is 12.1 Å². The summed E-state index contributed by atoms with van der Waals surface area (Å²) >= 11 is 0. The summed E-state index contributed by atoms with van der Waals surface area (Å²) in [6.07, 6.45) is 0. The van der Waals surface area contributed by atoms with Crippen LogP contribution in [0.3, 0.4) is 0 Å². The van der Waals surface area contributed by atoms with Crippen molar-refractivity contribution in [1.82, 2.24) is 10.2 Å². The number of aryl methyl sites for hydroxylation is 1. The number of hydrogen-bond donors (Lipinski definition) is 2. The van der Waals surface area contributed by atoms with Gasteiger partial charge in [0, 0.05) is 12.6 Å². The Balaban J connectivity index is 2.03. The second-order valence-electron chi connectivity index (χ2n) is 6.29. The predicted octanol–water partition coefficient (Wildman–Crippen LogP) is 3.44. The molecule has 0 saturated heterocycles. The van der Waals surface area contributed by atoms with Gasteiger partial charge in [0.1, 0.15) is 11.5 Å². The van der Waals surface area contributed by atoms with Crippen molar-refractivity contribution in [3.8, 4) is 11.5 Å². The normalized spacial score (nSPS) is 11.8. The van der Waals surface area contributed by atoms with Gasteiger partial charge < -0.3 is 25.0 Å². The number of carbonyl (C=O) groups is 1. The Labute approximate surface area is 155 Å². The van der Waals surface area contributed by atoms with Gasteiger partial charge in [-0.15, -0.1) is 0 Å². The van der Waals surface area contributed by atoms with Crippen LogP contribution in [-0.2, 0) is 0 Å². The molecule has 0 spiro atoms. The predicted molar refractivity (Wildman–Crippen MR) is 104 cm³/mol. The molecule has 2 N–H and O–H groups in total.